The van der Waals surface area contributed by atoms with Crippen LogP contribution in [0.25, 0.3) is 0 Å². The van der Waals surface area contributed by atoms with Crippen LogP contribution in [-0.2, 0) is 0 Å². The number of nitrogens with zero attached hydrogens (tertiary/aromatic N) is 1. The number of Topliss-reactive ketones (excluding diaryl/α,β-unsaturated/α-hetero) is 1. The van der Waals surface area contributed by atoms with Crippen molar-refractivity contribution in [3.63, 3.8) is 0 Å². The van der Waals surface area contributed by atoms with Gasteiger partial charge >= 0.3 is 0 Å². The summed E-state index contributed by atoms with van der Waals surface area (Å²) < 4.78 is 11.2. The van der Waals surface area contributed by atoms with Gasteiger partial charge in [-0.2, -0.15) is 0 Å². The van der Waals surface area contributed by atoms with Gasteiger partial charge < -0.3 is 14.4 Å². The number of likely N-dealkylation sites (tertiary alicyclic amines) is 1. The highest BCUT2D eigenvalue weighted by molar-refractivity contribution is 5.99. The van der Waals surface area contributed by atoms with E-state index in [1.807, 2.05) is 18.2 Å². The summed E-state index contributed by atoms with van der Waals surface area (Å²) in [5.41, 5.74) is 0.663. The Hall–Kier alpha value is -1.55. The van der Waals surface area contributed by atoms with Gasteiger partial charge in [0, 0.05) is 6.42 Å². The predicted octanol–water partition coefficient (Wildman–Crippen LogP) is 2.91. The van der Waals surface area contributed by atoms with Crippen molar-refractivity contribution in [2.75, 3.05) is 32.8 Å². The average molecular weight is 289 g/mol. The number of fused-ring (bicyclic) bond motifs is 1. The molecule has 3 rings (SSSR count). The molecule has 0 aliphatic carbocycles. The highest BCUT2D eigenvalue weighted by Crippen LogP contribution is 2.28. The van der Waals surface area contributed by atoms with Crippen LogP contribution in [0, 0.1) is 0 Å². The number of carbonyl (C=O) groups excluding carboxylic acids is 1. The molecule has 1 aromatic rings. The summed E-state index contributed by atoms with van der Waals surface area (Å²) in [5.74, 6) is 1.61. The minimum atomic E-state index is 0.149. The molecule has 0 spiro atoms. The van der Waals surface area contributed by atoms with E-state index in [1.165, 1.54) is 38.9 Å². The quantitative estimate of drug-likeness (QED) is 0.755. The fourth-order valence-corrected chi connectivity index (χ4v) is 2.96. The minimum Gasteiger partial charge on any atom is -0.494 e. The van der Waals surface area contributed by atoms with Gasteiger partial charge in [-0.3, -0.25) is 4.79 Å². The molecule has 2 heterocycles. The molecule has 0 N–H and O–H groups in total. The monoisotopic (exact) mass is 289 g/mol. The minimum absolute atomic E-state index is 0.149. The molecule has 0 saturated carbocycles. The Labute approximate surface area is 126 Å². The molecule has 21 heavy (non-hydrogen) atoms. The van der Waals surface area contributed by atoms with E-state index >= 15 is 0 Å². The maximum atomic E-state index is 11.8. The Balaban J connectivity index is 1.43. The van der Waals surface area contributed by atoms with Gasteiger partial charge in [0.15, 0.2) is 5.78 Å². The number of carbonyl (C=O) groups is 1. The van der Waals surface area contributed by atoms with Crippen molar-refractivity contribution in [1.29, 1.82) is 0 Å². The summed E-state index contributed by atoms with van der Waals surface area (Å²) in [6, 6.07) is 5.54. The molecule has 2 aliphatic rings. The SMILES string of the molecule is O=C1CCOc2ccc(OCCCCN3CCCC3)cc21. The molecule has 2 aliphatic heterocycles. The fraction of sp³-hybridized carbons (Fsp3) is 0.588. The number of hydrogen-bond acceptors (Lipinski definition) is 4. The zero-order valence-electron chi connectivity index (χ0n) is 12.5. The Bertz CT molecular complexity index is 495. The van der Waals surface area contributed by atoms with Crippen LogP contribution >= 0.6 is 0 Å². The molecule has 1 fully saturated rings. The zero-order valence-corrected chi connectivity index (χ0v) is 12.5. The van der Waals surface area contributed by atoms with Crippen LogP contribution in [0.4, 0.5) is 0 Å². The molecular formula is C17H23NO3. The summed E-state index contributed by atoms with van der Waals surface area (Å²) in [7, 11) is 0. The largest absolute Gasteiger partial charge is 0.494 e. The first kappa shape index (κ1) is 14.4. The Morgan fingerprint density at radius 3 is 2.90 bits per heavy atom. The lowest BCUT2D eigenvalue weighted by Gasteiger charge is -2.17. The summed E-state index contributed by atoms with van der Waals surface area (Å²) in [5, 5.41) is 0. The van der Waals surface area contributed by atoms with E-state index < -0.39 is 0 Å². The van der Waals surface area contributed by atoms with E-state index in [0.29, 0.717) is 30.9 Å². The average Bonchev–Trinajstić information content (AvgIpc) is 3.01. The van der Waals surface area contributed by atoms with Gasteiger partial charge in [-0.1, -0.05) is 0 Å². The smallest absolute Gasteiger partial charge is 0.170 e. The fourth-order valence-electron chi connectivity index (χ4n) is 2.96. The van der Waals surface area contributed by atoms with Gasteiger partial charge in [0.2, 0.25) is 0 Å². The topological polar surface area (TPSA) is 38.8 Å². The summed E-state index contributed by atoms with van der Waals surface area (Å²) in [4.78, 5) is 14.3. The Kier molecular flexibility index (Phi) is 4.76. The van der Waals surface area contributed by atoms with E-state index in [1.54, 1.807) is 0 Å². The molecule has 1 aromatic carbocycles. The van der Waals surface area contributed by atoms with Gasteiger partial charge in [0.25, 0.3) is 0 Å². The maximum Gasteiger partial charge on any atom is 0.170 e. The molecule has 4 nitrogen and oxygen atoms in total. The van der Waals surface area contributed by atoms with Crippen molar-refractivity contribution in [1.82, 2.24) is 4.90 Å². The first-order valence-corrected chi connectivity index (χ1v) is 7.98. The zero-order chi connectivity index (χ0) is 14.5. The van der Waals surface area contributed by atoms with Gasteiger partial charge in [0.05, 0.1) is 18.8 Å². The third-order valence-corrected chi connectivity index (χ3v) is 4.17. The third-order valence-electron chi connectivity index (χ3n) is 4.17. The number of hydrogen-bond donors (Lipinski definition) is 0. The number of unbranched alkanes of at least 4 members (excludes halogenated alkanes) is 1. The van der Waals surface area contributed by atoms with E-state index in [4.69, 9.17) is 9.47 Å². The van der Waals surface area contributed by atoms with E-state index in [0.717, 1.165) is 12.2 Å². The predicted molar refractivity (Wildman–Crippen MR) is 81.3 cm³/mol. The van der Waals surface area contributed by atoms with Gasteiger partial charge in [-0.15, -0.1) is 0 Å². The number of benzene rings is 1. The molecule has 4 heteroatoms. The standard InChI is InChI=1S/C17H23NO3/c19-16-7-12-21-17-6-5-14(13-15(16)17)20-11-4-3-10-18-8-1-2-9-18/h5-6,13H,1-4,7-12H2. The lowest BCUT2D eigenvalue weighted by atomic mass is 10.0. The van der Waals surface area contributed by atoms with Crippen molar-refractivity contribution in [2.45, 2.75) is 32.1 Å². The molecular weight excluding hydrogens is 266 g/mol. The molecule has 0 atom stereocenters. The number of rotatable bonds is 6. The second-order valence-electron chi connectivity index (χ2n) is 5.78. The van der Waals surface area contributed by atoms with Gasteiger partial charge in [0.1, 0.15) is 11.5 Å². The second kappa shape index (κ2) is 6.94. The maximum absolute atomic E-state index is 11.8. The van der Waals surface area contributed by atoms with Crippen LogP contribution < -0.4 is 9.47 Å². The highest BCUT2D eigenvalue weighted by atomic mass is 16.5. The Morgan fingerprint density at radius 1 is 1.19 bits per heavy atom. The summed E-state index contributed by atoms with van der Waals surface area (Å²) in [6.07, 6.45) is 5.39. The van der Waals surface area contributed by atoms with Gasteiger partial charge in [-0.25, -0.2) is 0 Å². The van der Waals surface area contributed by atoms with Crippen molar-refractivity contribution < 1.29 is 14.3 Å². The molecule has 0 bridgehead atoms. The van der Waals surface area contributed by atoms with E-state index in [2.05, 4.69) is 4.90 Å². The normalized spacial score (nSPS) is 18.4. The van der Waals surface area contributed by atoms with Crippen molar-refractivity contribution in [2.24, 2.45) is 0 Å². The molecule has 0 amide bonds. The number of ether oxygens (including phenoxy) is 2. The van der Waals surface area contributed by atoms with Crippen LogP contribution in [0.15, 0.2) is 18.2 Å². The molecule has 0 aromatic heterocycles. The van der Waals surface area contributed by atoms with Crippen molar-refractivity contribution >= 4 is 5.78 Å². The van der Waals surface area contributed by atoms with E-state index in [-0.39, 0.29) is 5.78 Å². The molecule has 0 radical (unpaired) electrons. The lowest BCUT2D eigenvalue weighted by molar-refractivity contribution is 0.0932. The second-order valence-corrected chi connectivity index (χ2v) is 5.78. The van der Waals surface area contributed by atoms with Gasteiger partial charge in [-0.05, 0) is 63.5 Å². The van der Waals surface area contributed by atoms with Crippen LogP contribution in [0.5, 0.6) is 11.5 Å². The van der Waals surface area contributed by atoms with Crippen LogP contribution in [-0.4, -0.2) is 43.5 Å². The van der Waals surface area contributed by atoms with E-state index in [9.17, 15) is 4.79 Å². The van der Waals surface area contributed by atoms with Crippen LogP contribution in [0.2, 0.25) is 0 Å². The molecule has 1 saturated heterocycles. The first-order chi connectivity index (χ1) is 10.3. The summed E-state index contributed by atoms with van der Waals surface area (Å²) in [6.45, 7) is 4.89. The third kappa shape index (κ3) is 3.76. The Morgan fingerprint density at radius 2 is 2.05 bits per heavy atom. The lowest BCUT2D eigenvalue weighted by Crippen LogP contribution is -2.20. The van der Waals surface area contributed by atoms with Crippen molar-refractivity contribution in [3.05, 3.63) is 23.8 Å². The van der Waals surface area contributed by atoms with Crippen LogP contribution in [0.3, 0.4) is 0 Å². The number of ketones is 1. The summed E-state index contributed by atoms with van der Waals surface area (Å²) >= 11 is 0. The van der Waals surface area contributed by atoms with Crippen LogP contribution in [0.1, 0.15) is 42.5 Å². The highest BCUT2D eigenvalue weighted by Gasteiger charge is 2.18. The first-order valence-electron chi connectivity index (χ1n) is 7.98. The van der Waals surface area contributed by atoms with Crippen molar-refractivity contribution in [3.8, 4) is 11.5 Å². The molecule has 114 valence electrons. The molecule has 0 unspecified atom stereocenters.